The average Bonchev–Trinajstić information content (AvgIpc) is 3.79. The van der Waals surface area contributed by atoms with Gasteiger partial charge in [0.25, 0.3) is 0 Å². The molecule has 3 heteroatoms. The van der Waals surface area contributed by atoms with Crippen molar-refractivity contribution in [1.29, 1.82) is 0 Å². The van der Waals surface area contributed by atoms with E-state index < -0.39 is 0 Å². The van der Waals surface area contributed by atoms with E-state index >= 15 is 0 Å². The molecule has 12 rings (SSSR count). The first kappa shape index (κ1) is 34.4. The minimum Gasteiger partial charge on any atom is -0.455 e. The molecule has 0 saturated carbocycles. The molecule has 0 aliphatic heterocycles. The van der Waals surface area contributed by atoms with E-state index in [2.05, 4.69) is 172 Å². The number of fused-ring (bicyclic) bond motifs is 8. The third kappa shape index (κ3) is 5.29. The van der Waals surface area contributed by atoms with E-state index in [-0.39, 0.29) is 5.41 Å². The van der Waals surface area contributed by atoms with Crippen molar-refractivity contribution in [2.24, 2.45) is 0 Å². The Hall–Kier alpha value is -7.62. The van der Waals surface area contributed by atoms with Crippen molar-refractivity contribution in [3.8, 4) is 67.3 Å². The Balaban J connectivity index is 1.08. The van der Waals surface area contributed by atoms with Gasteiger partial charge in [0.15, 0.2) is 5.82 Å². The summed E-state index contributed by atoms with van der Waals surface area (Å²) in [5.74, 6) is 0.682. The first-order chi connectivity index (χ1) is 29.5. The smallest absolute Gasteiger partial charge is 0.160 e. The molecule has 1 aliphatic carbocycles. The predicted molar refractivity (Wildman–Crippen MR) is 249 cm³/mol. The van der Waals surface area contributed by atoms with Gasteiger partial charge in [-0.15, -0.1) is 0 Å². The summed E-state index contributed by atoms with van der Waals surface area (Å²) in [5.41, 5.74) is 16.3. The van der Waals surface area contributed by atoms with Crippen molar-refractivity contribution >= 4 is 43.5 Å². The molecule has 0 radical (unpaired) electrons. The first-order valence-corrected chi connectivity index (χ1v) is 20.6. The minimum absolute atomic E-state index is 0.127. The molecule has 0 amide bonds. The topological polar surface area (TPSA) is 38.9 Å². The Kier molecular flexibility index (Phi) is 7.58. The molecule has 60 heavy (non-hydrogen) atoms. The Morgan fingerprint density at radius 3 is 1.80 bits per heavy atom. The third-order valence-corrected chi connectivity index (χ3v) is 12.7. The van der Waals surface area contributed by atoms with Crippen LogP contribution in [-0.4, -0.2) is 9.97 Å². The quantitative estimate of drug-likeness (QED) is 0.175. The number of rotatable bonds is 5. The van der Waals surface area contributed by atoms with Crippen LogP contribution in [0.5, 0.6) is 0 Å². The minimum atomic E-state index is -0.127. The van der Waals surface area contributed by atoms with Crippen LogP contribution in [-0.2, 0) is 5.41 Å². The highest BCUT2D eigenvalue weighted by Gasteiger charge is 2.37. The third-order valence-electron chi connectivity index (χ3n) is 12.7. The molecule has 0 spiro atoms. The molecular formula is C57H38N2O. The zero-order valence-electron chi connectivity index (χ0n) is 33.3. The van der Waals surface area contributed by atoms with Gasteiger partial charge in [-0.2, -0.15) is 0 Å². The van der Waals surface area contributed by atoms with Crippen molar-refractivity contribution < 1.29 is 4.42 Å². The molecular weight excluding hydrogens is 729 g/mol. The van der Waals surface area contributed by atoms with E-state index in [1.807, 2.05) is 36.4 Å². The molecule has 0 atom stereocenters. The van der Waals surface area contributed by atoms with Crippen molar-refractivity contribution in [2.45, 2.75) is 19.3 Å². The number of hydrogen-bond donors (Lipinski definition) is 0. The van der Waals surface area contributed by atoms with Crippen molar-refractivity contribution in [3.05, 3.63) is 205 Å². The van der Waals surface area contributed by atoms with E-state index in [1.165, 1.54) is 49.5 Å². The number of nitrogens with zero attached hydrogens (tertiary/aromatic N) is 2. The van der Waals surface area contributed by atoms with Crippen LogP contribution in [0, 0.1) is 0 Å². The lowest BCUT2D eigenvalue weighted by Crippen LogP contribution is -2.14. The van der Waals surface area contributed by atoms with Gasteiger partial charge in [0.05, 0.1) is 11.4 Å². The monoisotopic (exact) mass is 766 g/mol. The molecule has 3 nitrogen and oxygen atoms in total. The lowest BCUT2D eigenvalue weighted by atomic mass is 9.81. The van der Waals surface area contributed by atoms with E-state index in [0.29, 0.717) is 5.82 Å². The summed E-state index contributed by atoms with van der Waals surface area (Å²) >= 11 is 0. The van der Waals surface area contributed by atoms with Gasteiger partial charge in [-0.3, -0.25) is 0 Å². The fourth-order valence-electron chi connectivity index (χ4n) is 9.71. The Morgan fingerprint density at radius 1 is 0.383 bits per heavy atom. The van der Waals surface area contributed by atoms with Crippen LogP contribution >= 0.6 is 0 Å². The molecule has 9 aromatic carbocycles. The number of aromatic nitrogens is 2. The molecule has 0 bridgehead atoms. The molecule has 11 aromatic rings. The van der Waals surface area contributed by atoms with Crippen molar-refractivity contribution in [3.63, 3.8) is 0 Å². The highest BCUT2D eigenvalue weighted by molar-refractivity contribution is 6.12. The van der Waals surface area contributed by atoms with Crippen LogP contribution in [0.2, 0.25) is 0 Å². The van der Waals surface area contributed by atoms with Gasteiger partial charge in [-0.25, -0.2) is 9.97 Å². The fourth-order valence-corrected chi connectivity index (χ4v) is 9.71. The maximum Gasteiger partial charge on any atom is 0.160 e. The average molecular weight is 767 g/mol. The fraction of sp³-hybridized carbons (Fsp3) is 0.0526. The standard InChI is InChI=1S/C57H38N2O/c1-57(2)49-26-15-25-45(54(49)48-30-37-20-9-10-21-38(37)33-50(48)57)42-28-29-43(41-23-12-11-22-40(41)42)52-34-51(58-56(59-52)36-18-7-4-8-19-36)39-31-46(35-16-5-3-6-17-35)55-47(32-39)44-24-13-14-27-53(44)60-55/h3-34H,1-2H3. The summed E-state index contributed by atoms with van der Waals surface area (Å²) in [4.78, 5) is 10.6. The van der Waals surface area contributed by atoms with Gasteiger partial charge in [0.2, 0.25) is 0 Å². The largest absolute Gasteiger partial charge is 0.455 e. The zero-order valence-corrected chi connectivity index (χ0v) is 33.3. The second kappa shape index (κ2) is 13.2. The summed E-state index contributed by atoms with van der Waals surface area (Å²) in [6, 6.07) is 69.4. The first-order valence-electron chi connectivity index (χ1n) is 20.6. The van der Waals surface area contributed by atoms with Crippen LogP contribution in [0.25, 0.3) is 111 Å². The van der Waals surface area contributed by atoms with Gasteiger partial charge in [0.1, 0.15) is 11.2 Å². The molecule has 2 heterocycles. The Morgan fingerprint density at radius 2 is 1.02 bits per heavy atom. The highest BCUT2D eigenvalue weighted by atomic mass is 16.3. The van der Waals surface area contributed by atoms with Gasteiger partial charge in [0, 0.05) is 38.4 Å². The zero-order chi connectivity index (χ0) is 40.0. The number of benzene rings is 9. The molecule has 0 fully saturated rings. The van der Waals surface area contributed by atoms with Gasteiger partial charge >= 0.3 is 0 Å². The molecule has 1 aliphatic rings. The SMILES string of the molecule is CC1(C)c2cc3ccccc3cc2-c2c(-c3ccc(-c4cc(-c5cc(-c6ccccc6)c6oc7ccccc7c6c5)nc(-c5ccccc5)n4)c4ccccc34)cccc21. The van der Waals surface area contributed by atoms with Crippen LogP contribution < -0.4 is 0 Å². The second-order valence-electron chi connectivity index (χ2n) is 16.5. The predicted octanol–water partition coefficient (Wildman–Crippen LogP) is 15.3. The molecule has 0 saturated heterocycles. The maximum absolute atomic E-state index is 6.56. The van der Waals surface area contributed by atoms with E-state index in [1.54, 1.807) is 0 Å². The van der Waals surface area contributed by atoms with Gasteiger partial charge in [-0.1, -0.05) is 172 Å². The van der Waals surface area contributed by atoms with E-state index in [9.17, 15) is 0 Å². The van der Waals surface area contributed by atoms with Crippen molar-refractivity contribution in [1.82, 2.24) is 9.97 Å². The van der Waals surface area contributed by atoms with E-state index in [0.717, 1.165) is 66.5 Å². The molecule has 282 valence electrons. The lowest BCUT2D eigenvalue weighted by Gasteiger charge is -2.22. The maximum atomic E-state index is 6.56. The Labute approximate surface area is 348 Å². The van der Waals surface area contributed by atoms with Crippen LogP contribution in [0.4, 0.5) is 0 Å². The van der Waals surface area contributed by atoms with E-state index in [4.69, 9.17) is 14.4 Å². The summed E-state index contributed by atoms with van der Waals surface area (Å²) < 4.78 is 6.56. The lowest BCUT2D eigenvalue weighted by molar-refractivity contribution is 0.661. The Bertz CT molecular complexity index is 3510. The molecule has 0 N–H and O–H groups in total. The second-order valence-corrected chi connectivity index (χ2v) is 16.5. The van der Waals surface area contributed by atoms with Crippen LogP contribution in [0.15, 0.2) is 199 Å². The van der Waals surface area contributed by atoms with Crippen molar-refractivity contribution in [2.75, 3.05) is 0 Å². The summed E-state index contributed by atoms with van der Waals surface area (Å²) in [6.45, 7) is 4.73. The molecule has 0 unspecified atom stereocenters. The number of hydrogen-bond acceptors (Lipinski definition) is 3. The summed E-state index contributed by atoms with van der Waals surface area (Å²) in [6.07, 6.45) is 0. The van der Waals surface area contributed by atoms with Crippen LogP contribution in [0.1, 0.15) is 25.0 Å². The highest BCUT2D eigenvalue weighted by Crippen LogP contribution is 2.54. The van der Waals surface area contributed by atoms with Gasteiger partial charge < -0.3 is 4.42 Å². The number of furan rings is 1. The number of para-hydroxylation sites is 1. The molecule has 2 aromatic heterocycles. The van der Waals surface area contributed by atoms with Gasteiger partial charge in [-0.05, 0) is 96.9 Å². The summed E-state index contributed by atoms with van der Waals surface area (Å²) in [5, 5.41) is 7.02. The van der Waals surface area contributed by atoms with Crippen LogP contribution in [0.3, 0.4) is 0 Å². The summed E-state index contributed by atoms with van der Waals surface area (Å²) in [7, 11) is 0. The normalized spacial score (nSPS) is 13.0.